The SMILES string of the molecule is C=CCC1CN(C=O)CCC1=O. The van der Waals surface area contributed by atoms with Gasteiger partial charge in [-0.3, -0.25) is 9.59 Å². The Morgan fingerprint density at radius 2 is 2.42 bits per heavy atom. The minimum Gasteiger partial charge on any atom is -0.344 e. The molecule has 1 heterocycles. The molecule has 1 unspecified atom stereocenters. The van der Waals surface area contributed by atoms with Crippen LogP contribution in [-0.4, -0.2) is 30.2 Å². The molecule has 66 valence electrons. The van der Waals surface area contributed by atoms with Gasteiger partial charge in [0, 0.05) is 25.4 Å². The maximum absolute atomic E-state index is 11.3. The first-order chi connectivity index (χ1) is 5.77. The van der Waals surface area contributed by atoms with Crippen molar-refractivity contribution in [1.82, 2.24) is 4.90 Å². The zero-order chi connectivity index (χ0) is 8.97. The maximum atomic E-state index is 11.3. The van der Waals surface area contributed by atoms with E-state index in [0.29, 0.717) is 25.9 Å². The lowest BCUT2D eigenvalue weighted by Crippen LogP contribution is -2.39. The van der Waals surface area contributed by atoms with E-state index in [-0.39, 0.29) is 11.7 Å². The van der Waals surface area contributed by atoms with Gasteiger partial charge in [-0.1, -0.05) is 6.08 Å². The quantitative estimate of drug-likeness (QED) is 0.456. The van der Waals surface area contributed by atoms with Crippen LogP contribution in [0.4, 0.5) is 0 Å². The van der Waals surface area contributed by atoms with E-state index in [1.54, 1.807) is 11.0 Å². The van der Waals surface area contributed by atoms with Gasteiger partial charge in [-0.2, -0.15) is 0 Å². The highest BCUT2D eigenvalue weighted by Gasteiger charge is 2.24. The van der Waals surface area contributed by atoms with Gasteiger partial charge in [0.05, 0.1) is 0 Å². The molecule has 1 amide bonds. The predicted octanol–water partition coefficient (Wildman–Crippen LogP) is 0.610. The molecule has 1 aliphatic rings. The summed E-state index contributed by atoms with van der Waals surface area (Å²) in [5, 5.41) is 0. The van der Waals surface area contributed by atoms with Crippen molar-refractivity contribution in [1.29, 1.82) is 0 Å². The molecule has 0 aromatic carbocycles. The van der Waals surface area contributed by atoms with E-state index in [2.05, 4.69) is 6.58 Å². The molecule has 1 saturated heterocycles. The van der Waals surface area contributed by atoms with Crippen molar-refractivity contribution in [2.24, 2.45) is 5.92 Å². The molecule has 0 radical (unpaired) electrons. The Morgan fingerprint density at radius 1 is 1.67 bits per heavy atom. The molecule has 1 fully saturated rings. The Morgan fingerprint density at radius 3 is 3.00 bits per heavy atom. The van der Waals surface area contributed by atoms with Crippen LogP contribution in [-0.2, 0) is 9.59 Å². The van der Waals surface area contributed by atoms with Gasteiger partial charge in [-0.15, -0.1) is 6.58 Å². The van der Waals surface area contributed by atoms with Crippen molar-refractivity contribution in [3.8, 4) is 0 Å². The van der Waals surface area contributed by atoms with Crippen molar-refractivity contribution in [2.45, 2.75) is 12.8 Å². The number of hydrogen-bond donors (Lipinski definition) is 0. The fourth-order valence-electron chi connectivity index (χ4n) is 1.44. The van der Waals surface area contributed by atoms with Crippen LogP contribution in [0.2, 0.25) is 0 Å². The summed E-state index contributed by atoms with van der Waals surface area (Å²) in [7, 11) is 0. The number of allylic oxidation sites excluding steroid dienone is 1. The fraction of sp³-hybridized carbons (Fsp3) is 0.556. The highest BCUT2D eigenvalue weighted by Crippen LogP contribution is 2.15. The zero-order valence-corrected chi connectivity index (χ0v) is 7.03. The molecule has 0 N–H and O–H groups in total. The minimum atomic E-state index is -0.0125. The number of carbonyl (C=O) groups is 2. The van der Waals surface area contributed by atoms with Crippen molar-refractivity contribution in [3.63, 3.8) is 0 Å². The molecular weight excluding hydrogens is 154 g/mol. The lowest BCUT2D eigenvalue weighted by atomic mass is 9.94. The summed E-state index contributed by atoms with van der Waals surface area (Å²) in [5.74, 6) is 0.245. The molecule has 0 saturated carbocycles. The van der Waals surface area contributed by atoms with Gasteiger partial charge in [0.25, 0.3) is 0 Å². The summed E-state index contributed by atoms with van der Waals surface area (Å²) < 4.78 is 0. The third kappa shape index (κ3) is 1.94. The first kappa shape index (κ1) is 8.97. The highest BCUT2D eigenvalue weighted by atomic mass is 16.1. The van der Waals surface area contributed by atoms with Gasteiger partial charge in [0.1, 0.15) is 5.78 Å². The normalized spacial score (nSPS) is 23.8. The average molecular weight is 167 g/mol. The molecule has 3 heteroatoms. The monoisotopic (exact) mass is 167 g/mol. The van der Waals surface area contributed by atoms with Gasteiger partial charge >= 0.3 is 0 Å². The van der Waals surface area contributed by atoms with E-state index < -0.39 is 0 Å². The van der Waals surface area contributed by atoms with Crippen LogP contribution < -0.4 is 0 Å². The standard InChI is InChI=1S/C9H13NO2/c1-2-3-8-6-10(7-11)5-4-9(8)12/h2,7-8H,1,3-6H2. The fourth-order valence-corrected chi connectivity index (χ4v) is 1.44. The molecule has 1 aliphatic heterocycles. The van der Waals surface area contributed by atoms with Crippen LogP contribution in [0.3, 0.4) is 0 Å². The van der Waals surface area contributed by atoms with Gasteiger partial charge in [0.15, 0.2) is 0 Å². The smallest absolute Gasteiger partial charge is 0.209 e. The molecule has 0 aromatic heterocycles. The van der Waals surface area contributed by atoms with E-state index >= 15 is 0 Å². The van der Waals surface area contributed by atoms with Crippen molar-refractivity contribution in [2.75, 3.05) is 13.1 Å². The second-order valence-corrected chi connectivity index (χ2v) is 3.04. The summed E-state index contributed by atoms with van der Waals surface area (Å²) in [5.41, 5.74) is 0. The van der Waals surface area contributed by atoms with Gasteiger partial charge in [-0.05, 0) is 6.42 Å². The number of Topliss-reactive ketones (excluding diaryl/α,β-unsaturated/α-hetero) is 1. The van der Waals surface area contributed by atoms with E-state index in [1.165, 1.54) is 0 Å². The van der Waals surface area contributed by atoms with Gasteiger partial charge < -0.3 is 4.90 Å². The molecule has 0 aliphatic carbocycles. The average Bonchev–Trinajstić information content (AvgIpc) is 2.09. The van der Waals surface area contributed by atoms with Crippen LogP contribution >= 0.6 is 0 Å². The minimum absolute atomic E-state index is 0.0125. The maximum Gasteiger partial charge on any atom is 0.209 e. The van der Waals surface area contributed by atoms with Crippen LogP contribution in [0, 0.1) is 5.92 Å². The molecule has 0 bridgehead atoms. The van der Waals surface area contributed by atoms with E-state index in [1.807, 2.05) is 0 Å². The molecule has 3 nitrogen and oxygen atoms in total. The first-order valence-electron chi connectivity index (χ1n) is 4.11. The Labute approximate surface area is 72.0 Å². The number of hydrogen-bond acceptors (Lipinski definition) is 2. The number of ketones is 1. The summed E-state index contributed by atoms with van der Waals surface area (Å²) >= 11 is 0. The third-order valence-electron chi connectivity index (χ3n) is 2.16. The molecule has 0 spiro atoms. The summed E-state index contributed by atoms with van der Waals surface area (Å²) in [6.07, 6.45) is 3.72. The molecule has 0 aromatic rings. The molecular formula is C9H13NO2. The second kappa shape index (κ2) is 4.04. The van der Waals surface area contributed by atoms with Crippen LogP contribution in [0.25, 0.3) is 0 Å². The van der Waals surface area contributed by atoms with Crippen LogP contribution in [0.5, 0.6) is 0 Å². The first-order valence-corrected chi connectivity index (χ1v) is 4.11. The predicted molar refractivity (Wildman–Crippen MR) is 45.6 cm³/mol. The number of piperidine rings is 1. The summed E-state index contributed by atoms with van der Waals surface area (Å²) in [6, 6.07) is 0. The largest absolute Gasteiger partial charge is 0.344 e. The van der Waals surface area contributed by atoms with E-state index in [0.717, 1.165) is 6.41 Å². The van der Waals surface area contributed by atoms with Crippen LogP contribution in [0.15, 0.2) is 12.7 Å². The van der Waals surface area contributed by atoms with E-state index in [9.17, 15) is 9.59 Å². The van der Waals surface area contributed by atoms with E-state index in [4.69, 9.17) is 0 Å². The van der Waals surface area contributed by atoms with Crippen molar-refractivity contribution in [3.05, 3.63) is 12.7 Å². The number of likely N-dealkylation sites (tertiary alicyclic amines) is 1. The number of amides is 1. The third-order valence-corrected chi connectivity index (χ3v) is 2.16. The van der Waals surface area contributed by atoms with Crippen LogP contribution in [0.1, 0.15) is 12.8 Å². The summed E-state index contributed by atoms with van der Waals surface area (Å²) in [4.78, 5) is 23.3. The van der Waals surface area contributed by atoms with Gasteiger partial charge in [-0.25, -0.2) is 0 Å². The lowest BCUT2D eigenvalue weighted by molar-refractivity contribution is -0.129. The van der Waals surface area contributed by atoms with Gasteiger partial charge in [0.2, 0.25) is 6.41 Å². The summed E-state index contributed by atoms with van der Waals surface area (Å²) in [6.45, 7) is 4.72. The molecule has 12 heavy (non-hydrogen) atoms. The number of nitrogens with zero attached hydrogens (tertiary/aromatic N) is 1. The number of carbonyl (C=O) groups excluding carboxylic acids is 2. The topological polar surface area (TPSA) is 37.4 Å². The van der Waals surface area contributed by atoms with Crippen molar-refractivity contribution < 1.29 is 9.59 Å². The highest BCUT2D eigenvalue weighted by molar-refractivity contribution is 5.83. The van der Waals surface area contributed by atoms with Crippen molar-refractivity contribution >= 4 is 12.2 Å². The Kier molecular flexibility index (Phi) is 3.02. The molecule has 1 rings (SSSR count). The Balaban J connectivity index is 2.52. The Bertz CT molecular complexity index is 201. The number of rotatable bonds is 3. The Hall–Kier alpha value is -1.12. The zero-order valence-electron chi connectivity index (χ0n) is 7.03. The molecule has 1 atom stereocenters. The second-order valence-electron chi connectivity index (χ2n) is 3.04. The lowest BCUT2D eigenvalue weighted by Gasteiger charge is -2.27.